The molecule has 92 valence electrons. The van der Waals surface area contributed by atoms with Crippen molar-refractivity contribution in [3.63, 3.8) is 0 Å². The number of benzene rings is 1. The van der Waals surface area contributed by atoms with Gasteiger partial charge in [-0.3, -0.25) is 4.72 Å². The average Bonchev–Trinajstić information content (AvgIpc) is 2.76. The lowest BCUT2D eigenvalue weighted by molar-refractivity contribution is 0.607. The Hall–Kier alpha value is -1.84. The monoisotopic (exact) mass is 278 g/mol. The van der Waals surface area contributed by atoms with Crippen LogP contribution in [0.5, 0.6) is 0 Å². The highest BCUT2D eigenvalue weighted by molar-refractivity contribution is 7.92. The van der Waals surface area contributed by atoms with Crippen LogP contribution in [0.25, 0.3) is 10.4 Å². The van der Waals surface area contributed by atoms with E-state index >= 15 is 0 Å². The van der Waals surface area contributed by atoms with Crippen molar-refractivity contribution in [2.24, 2.45) is 0 Å². The Morgan fingerprint density at radius 2 is 1.94 bits per heavy atom. The van der Waals surface area contributed by atoms with E-state index in [1.807, 2.05) is 18.2 Å². The van der Waals surface area contributed by atoms with Crippen molar-refractivity contribution in [3.8, 4) is 16.5 Å². The molecule has 1 N–H and O–H groups in total. The summed E-state index contributed by atoms with van der Waals surface area (Å²) in [5, 5.41) is 8.80. The van der Waals surface area contributed by atoms with Gasteiger partial charge in [0.25, 0.3) is 0 Å². The third-order valence-electron chi connectivity index (χ3n) is 2.20. The van der Waals surface area contributed by atoms with Gasteiger partial charge in [0, 0.05) is 10.4 Å². The summed E-state index contributed by atoms with van der Waals surface area (Å²) in [6, 6.07) is 12.7. The molecule has 18 heavy (non-hydrogen) atoms. The Morgan fingerprint density at radius 3 is 2.56 bits per heavy atom. The molecule has 0 aliphatic carbocycles. The lowest BCUT2D eigenvalue weighted by atomic mass is 10.1. The summed E-state index contributed by atoms with van der Waals surface area (Å²) in [6.07, 6.45) is 1.11. The predicted octanol–water partition coefficient (Wildman–Crippen LogP) is 2.66. The molecular weight excluding hydrogens is 268 g/mol. The van der Waals surface area contributed by atoms with Crippen LogP contribution in [0.4, 0.5) is 5.69 Å². The second kappa shape index (κ2) is 4.80. The fourth-order valence-corrected chi connectivity index (χ4v) is 2.95. The van der Waals surface area contributed by atoms with Gasteiger partial charge < -0.3 is 0 Å². The minimum absolute atomic E-state index is 0.520. The van der Waals surface area contributed by atoms with Crippen LogP contribution >= 0.6 is 11.3 Å². The van der Waals surface area contributed by atoms with Crippen molar-refractivity contribution >= 4 is 27.0 Å². The molecule has 1 aromatic heterocycles. The summed E-state index contributed by atoms with van der Waals surface area (Å²) >= 11 is 1.33. The van der Waals surface area contributed by atoms with Gasteiger partial charge in [-0.2, -0.15) is 5.26 Å². The molecule has 0 aliphatic heterocycles. The van der Waals surface area contributed by atoms with E-state index in [1.54, 1.807) is 18.2 Å². The van der Waals surface area contributed by atoms with Crippen molar-refractivity contribution < 1.29 is 8.42 Å². The third kappa shape index (κ3) is 2.88. The van der Waals surface area contributed by atoms with Crippen LogP contribution in [0.15, 0.2) is 36.4 Å². The highest BCUT2D eigenvalue weighted by Crippen LogP contribution is 2.33. The smallest absolute Gasteiger partial charge is 0.229 e. The molecule has 0 saturated carbocycles. The molecule has 0 unspecified atom stereocenters. The van der Waals surface area contributed by atoms with Crippen LogP contribution in [-0.2, 0) is 10.0 Å². The van der Waals surface area contributed by atoms with Crippen LogP contribution in [0.3, 0.4) is 0 Å². The van der Waals surface area contributed by atoms with Crippen LogP contribution < -0.4 is 4.72 Å². The molecule has 0 atom stereocenters. The Balaban J connectivity index is 2.48. The van der Waals surface area contributed by atoms with Gasteiger partial charge in [-0.1, -0.05) is 18.2 Å². The summed E-state index contributed by atoms with van der Waals surface area (Å²) in [6.45, 7) is 0. The summed E-state index contributed by atoms with van der Waals surface area (Å²) in [5.74, 6) is 0. The fraction of sp³-hybridized carbons (Fsp3) is 0.0833. The van der Waals surface area contributed by atoms with Crippen molar-refractivity contribution in [1.82, 2.24) is 0 Å². The number of nitrogens with zero attached hydrogens (tertiary/aromatic N) is 1. The van der Waals surface area contributed by atoms with E-state index in [-0.39, 0.29) is 0 Å². The predicted molar refractivity (Wildman–Crippen MR) is 72.9 cm³/mol. The first-order valence-corrected chi connectivity index (χ1v) is 7.77. The minimum Gasteiger partial charge on any atom is -0.283 e. The van der Waals surface area contributed by atoms with Crippen LogP contribution in [0, 0.1) is 11.3 Å². The number of hydrogen-bond donors (Lipinski definition) is 1. The van der Waals surface area contributed by atoms with Crippen LogP contribution in [-0.4, -0.2) is 14.7 Å². The first kappa shape index (κ1) is 12.6. The summed E-state index contributed by atoms with van der Waals surface area (Å²) in [5.41, 5.74) is 1.29. The van der Waals surface area contributed by atoms with E-state index in [4.69, 9.17) is 5.26 Å². The lowest BCUT2D eigenvalue weighted by Gasteiger charge is -2.08. The Morgan fingerprint density at radius 1 is 1.22 bits per heavy atom. The minimum atomic E-state index is -3.32. The molecule has 2 rings (SSSR count). The average molecular weight is 278 g/mol. The number of sulfonamides is 1. The standard InChI is InChI=1S/C12H10N2O2S2/c1-18(15,16)14-11-5-3-2-4-10(11)12-7-6-9(8-13)17-12/h2-7,14H,1H3. The van der Waals surface area contributed by atoms with E-state index in [1.165, 1.54) is 11.3 Å². The maximum absolute atomic E-state index is 11.3. The Bertz CT molecular complexity index is 712. The Labute approximate surface area is 110 Å². The summed E-state index contributed by atoms with van der Waals surface area (Å²) in [7, 11) is -3.32. The fourth-order valence-electron chi connectivity index (χ4n) is 1.53. The molecule has 2 aromatic rings. The third-order valence-corrected chi connectivity index (χ3v) is 3.82. The van der Waals surface area contributed by atoms with Gasteiger partial charge in [-0.25, -0.2) is 8.42 Å². The van der Waals surface area contributed by atoms with E-state index in [0.29, 0.717) is 10.6 Å². The molecular formula is C12H10N2O2S2. The lowest BCUT2D eigenvalue weighted by Crippen LogP contribution is -2.10. The first-order chi connectivity index (χ1) is 8.49. The number of rotatable bonds is 3. The normalized spacial score (nSPS) is 10.9. The number of nitriles is 1. The van der Waals surface area contributed by atoms with Gasteiger partial charge in [0.1, 0.15) is 10.9 Å². The van der Waals surface area contributed by atoms with Crippen LogP contribution in [0.1, 0.15) is 4.88 Å². The van der Waals surface area contributed by atoms with Crippen molar-refractivity contribution in [1.29, 1.82) is 5.26 Å². The molecule has 1 heterocycles. The van der Waals surface area contributed by atoms with Crippen molar-refractivity contribution in [2.45, 2.75) is 0 Å². The highest BCUT2D eigenvalue weighted by Gasteiger charge is 2.10. The number of anilines is 1. The molecule has 0 aliphatic rings. The topological polar surface area (TPSA) is 70.0 Å². The van der Waals surface area contributed by atoms with Gasteiger partial charge in [0.2, 0.25) is 10.0 Å². The first-order valence-electron chi connectivity index (χ1n) is 5.07. The molecule has 0 fully saturated rings. The second-order valence-corrected chi connectivity index (χ2v) is 6.53. The zero-order chi connectivity index (χ0) is 13.2. The molecule has 0 saturated heterocycles. The summed E-state index contributed by atoms with van der Waals surface area (Å²) in [4.78, 5) is 1.46. The zero-order valence-electron chi connectivity index (χ0n) is 9.54. The largest absolute Gasteiger partial charge is 0.283 e. The van der Waals surface area contributed by atoms with Crippen molar-refractivity contribution in [3.05, 3.63) is 41.3 Å². The SMILES string of the molecule is CS(=O)(=O)Nc1ccccc1-c1ccc(C#N)s1. The van der Waals surface area contributed by atoms with Gasteiger partial charge in [-0.05, 0) is 18.2 Å². The molecule has 4 nitrogen and oxygen atoms in total. The van der Waals surface area contributed by atoms with Gasteiger partial charge in [0.15, 0.2) is 0 Å². The van der Waals surface area contributed by atoms with Gasteiger partial charge in [-0.15, -0.1) is 11.3 Å². The van der Waals surface area contributed by atoms with E-state index in [0.717, 1.165) is 16.7 Å². The number of nitrogens with one attached hydrogen (secondary N) is 1. The number of thiophene rings is 1. The molecule has 1 aromatic carbocycles. The molecule has 0 amide bonds. The zero-order valence-corrected chi connectivity index (χ0v) is 11.2. The molecule has 6 heteroatoms. The van der Waals surface area contributed by atoms with E-state index in [2.05, 4.69) is 10.8 Å². The maximum Gasteiger partial charge on any atom is 0.229 e. The van der Waals surface area contributed by atoms with Gasteiger partial charge in [0.05, 0.1) is 11.9 Å². The van der Waals surface area contributed by atoms with E-state index < -0.39 is 10.0 Å². The van der Waals surface area contributed by atoms with Gasteiger partial charge >= 0.3 is 0 Å². The van der Waals surface area contributed by atoms with Crippen LogP contribution in [0.2, 0.25) is 0 Å². The molecule has 0 radical (unpaired) electrons. The highest BCUT2D eigenvalue weighted by atomic mass is 32.2. The summed E-state index contributed by atoms with van der Waals surface area (Å²) < 4.78 is 25.0. The molecule has 0 bridgehead atoms. The van der Waals surface area contributed by atoms with E-state index in [9.17, 15) is 8.42 Å². The Kier molecular flexibility index (Phi) is 3.36. The maximum atomic E-state index is 11.3. The second-order valence-electron chi connectivity index (χ2n) is 3.70. The number of hydrogen-bond acceptors (Lipinski definition) is 4. The molecule has 0 spiro atoms. The van der Waals surface area contributed by atoms with Crippen molar-refractivity contribution in [2.75, 3.05) is 11.0 Å². The quantitative estimate of drug-likeness (QED) is 0.938. The number of para-hydroxylation sites is 1.